The summed E-state index contributed by atoms with van der Waals surface area (Å²) >= 11 is 2.19. The predicted molar refractivity (Wildman–Crippen MR) is 67.2 cm³/mol. The summed E-state index contributed by atoms with van der Waals surface area (Å²) in [6.07, 6.45) is 2.75. The molecule has 1 aromatic rings. The van der Waals surface area contributed by atoms with Gasteiger partial charge in [-0.15, -0.1) is 0 Å². The summed E-state index contributed by atoms with van der Waals surface area (Å²) < 4.78 is 1.06. The quantitative estimate of drug-likeness (QED) is 0.650. The van der Waals surface area contributed by atoms with E-state index in [0.29, 0.717) is 5.75 Å². The van der Waals surface area contributed by atoms with Gasteiger partial charge in [0.05, 0.1) is 0 Å². The van der Waals surface area contributed by atoms with Gasteiger partial charge in [0.25, 0.3) is 0 Å². The van der Waals surface area contributed by atoms with Gasteiger partial charge in [0.1, 0.15) is 5.75 Å². The molecular formula is C11H14INO. The summed E-state index contributed by atoms with van der Waals surface area (Å²) in [5, 5.41) is 16.6. The van der Waals surface area contributed by atoms with Gasteiger partial charge in [-0.05, 0) is 72.5 Å². The maximum Gasteiger partial charge on any atom is 0.116 e. The first-order valence-electron chi connectivity index (χ1n) is 4.60. The number of aryl methyl sites for hydroxylation is 1. The fourth-order valence-corrected chi connectivity index (χ4v) is 2.05. The minimum atomic E-state index is 0.332. The Kier molecular flexibility index (Phi) is 4.38. The van der Waals surface area contributed by atoms with Crippen molar-refractivity contribution in [1.29, 1.82) is 5.41 Å². The van der Waals surface area contributed by atoms with Crippen molar-refractivity contribution in [1.82, 2.24) is 0 Å². The van der Waals surface area contributed by atoms with Crippen molar-refractivity contribution < 1.29 is 5.11 Å². The molecule has 14 heavy (non-hydrogen) atoms. The molecule has 0 atom stereocenters. The summed E-state index contributed by atoms with van der Waals surface area (Å²) in [7, 11) is 0. The Morgan fingerprint density at radius 1 is 1.43 bits per heavy atom. The Bertz CT molecular complexity index is 316. The standard InChI is InChI=1S/C11H14INO/c1-8(13)3-2-4-9-5-10(12)7-11(14)6-9/h5-7,13-14H,2-4H2,1H3/i12+4. The molecule has 0 aliphatic heterocycles. The molecule has 2 N–H and O–H groups in total. The molecule has 1 rings (SSSR count). The number of hydrogen-bond donors (Lipinski definition) is 2. The second-order valence-electron chi connectivity index (χ2n) is 3.45. The van der Waals surface area contributed by atoms with E-state index in [1.54, 1.807) is 12.1 Å². The largest absolute Gasteiger partial charge is 0.508 e. The van der Waals surface area contributed by atoms with Crippen LogP contribution < -0.4 is 0 Å². The molecular weight excluding hydrogens is 293 g/mol. The topological polar surface area (TPSA) is 44.1 Å². The average molecular weight is 307 g/mol. The average Bonchev–Trinajstić information content (AvgIpc) is 2.01. The summed E-state index contributed by atoms with van der Waals surface area (Å²) in [5.41, 5.74) is 1.87. The lowest BCUT2D eigenvalue weighted by atomic mass is 10.1. The highest BCUT2D eigenvalue weighted by atomic mass is 131. The zero-order valence-corrected chi connectivity index (χ0v) is 10.3. The van der Waals surface area contributed by atoms with E-state index in [-0.39, 0.29) is 0 Å². The molecule has 1 aromatic carbocycles. The number of nitrogens with one attached hydrogen (secondary N) is 1. The van der Waals surface area contributed by atoms with Crippen LogP contribution in [-0.2, 0) is 6.42 Å². The van der Waals surface area contributed by atoms with Gasteiger partial charge in [0, 0.05) is 9.28 Å². The van der Waals surface area contributed by atoms with E-state index >= 15 is 0 Å². The summed E-state index contributed by atoms with van der Waals surface area (Å²) in [5.74, 6) is 0.332. The van der Waals surface area contributed by atoms with Crippen molar-refractivity contribution >= 4 is 28.3 Å². The Morgan fingerprint density at radius 2 is 2.14 bits per heavy atom. The van der Waals surface area contributed by atoms with E-state index < -0.39 is 0 Å². The number of phenolic OH excluding ortho intramolecular Hbond substituents is 1. The van der Waals surface area contributed by atoms with Gasteiger partial charge in [-0.2, -0.15) is 0 Å². The zero-order chi connectivity index (χ0) is 10.6. The molecule has 0 spiro atoms. The SMILES string of the molecule is CC(=N)CCCc1cc(O)cc([131I])c1. The van der Waals surface area contributed by atoms with Gasteiger partial charge in [-0.1, -0.05) is 0 Å². The molecule has 0 aliphatic rings. The lowest BCUT2D eigenvalue weighted by Gasteiger charge is -2.03. The number of aromatic hydroxyl groups is 1. The summed E-state index contributed by atoms with van der Waals surface area (Å²) in [4.78, 5) is 0. The van der Waals surface area contributed by atoms with Crippen LogP contribution in [-0.4, -0.2) is 10.8 Å². The second kappa shape index (κ2) is 5.34. The number of rotatable bonds is 4. The molecule has 3 heteroatoms. The van der Waals surface area contributed by atoms with Crippen LogP contribution in [0, 0.1) is 8.98 Å². The van der Waals surface area contributed by atoms with Crippen molar-refractivity contribution in [3.63, 3.8) is 0 Å². The number of hydrogen-bond acceptors (Lipinski definition) is 2. The molecule has 2 nitrogen and oxygen atoms in total. The molecule has 0 fully saturated rings. The minimum absolute atomic E-state index is 0.332. The molecule has 0 amide bonds. The minimum Gasteiger partial charge on any atom is -0.508 e. The highest BCUT2D eigenvalue weighted by molar-refractivity contribution is 14.1. The van der Waals surface area contributed by atoms with E-state index in [2.05, 4.69) is 28.7 Å². The van der Waals surface area contributed by atoms with Gasteiger partial charge in [-0.25, -0.2) is 0 Å². The van der Waals surface area contributed by atoms with Crippen LogP contribution in [0.2, 0.25) is 0 Å². The number of benzene rings is 1. The molecule has 0 bridgehead atoms. The van der Waals surface area contributed by atoms with Crippen molar-refractivity contribution in [3.8, 4) is 5.75 Å². The zero-order valence-electron chi connectivity index (χ0n) is 8.18. The third-order valence-corrected chi connectivity index (χ3v) is 2.58. The van der Waals surface area contributed by atoms with Crippen LogP contribution in [0.25, 0.3) is 0 Å². The molecule has 76 valence electrons. The van der Waals surface area contributed by atoms with Crippen LogP contribution in [0.1, 0.15) is 25.3 Å². The highest BCUT2D eigenvalue weighted by Gasteiger charge is 1.98. The molecule has 0 saturated heterocycles. The fourth-order valence-electron chi connectivity index (χ4n) is 1.34. The molecule has 0 aromatic heterocycles. The van der Waals surface area contributed by atoms with Crippen LogP contribution in [0.15, 0.2) is 18.2 Å². The van der Waals surface area contributed by atoms with E-state index in [1.807, 2.05) is 6.92 Å². The molecule has 0 aliphatic carbocycles. The molecule has 0 heterocycles. The monoisotopic (exact) mass is 307 g/mol. The van der Waals surface area contributed by atoms with Crippen molar-refractivity contribution in [3.05, 3.63) is 27.3 Å². The Morgan fingerprint density at radius 3 is 2.71 bits per heavy atom. The van der Waals surface area contributed by atoms with E-state index in [0.717, 1.165) is 34.1 Å². The third kappa shape index (κ3) is 4.09. The maximum absolute atomic E-state index is 9.36. The number of phenols is 1. The Labute approximate surface area is 98.0 Å². The molecule has 0 radical (unpaired) electrons. The van der Waals surface area contributed by atoms with Crippen LogP contribution in [0.5, 0.6) is 5.75 Å². The van der Waals surface area contributed by atoms with Crippen molar-refractivity contribution in [2.24, 2.45) is 0 Å². The van der Waals surface area contributed by atoms with Gasteiger partial charge >= 0.3 is 0 Å². The number of halogens is 1. The Hall–Kier alpha value is -0.580. The van der Waals surface area contributed by atoms with Crippen LogP contribution >= 0.6 is 22.6 Å². The van der Waals surface area contributed by atoms with E-state index in [4.69, 9.17) is 5.41 Å². The maximum atomic E-state index is 9.36. The van der Waals surface area contributed by atoms with Crippen molar-refractivity contribution in [2.45, 2.75) is 26.2 Å². The fraction of sp³-hybridized carbons (Fsp3) is 0.364. The van der Waals surface area contributed by atoms with Gasteiger partial charge in [0.2, 0.25) is 0 Å². The van der Waals surface area contributed by atoms with Crippen LogP contribution in [0.3, 0.4) is 0 Å². The van der Waals surface area contributed by atoms with Gasteiger partial charge in [0.15, 0.2) is 0 Å². The highest BCUT2D eigenvalue weighted by Crippen LogP contribution is 2.18. The van der Waals surface area contributed by atoms with Gasteiger partial charge < -0.3 is 10.5 Å². The molecule has 0 unspecified atom stereocenters. The first kappa shape index (κ1) is 11.5. The Balaban J connectivity index is 2.54. The third-order valence-electron chi connectivity index (χ3n) is 1.96. The molecule has 0 saturated carbocycles. The van der Waals surface area contributed by atoms with Crippen molar-refractivity contribution in [2.75, 3.05) is 0 Å². The second-order valence-corrected chi connectivity index (χ2v) is 4.70. The predicted octanol–water partition coefficient (Wildman–Crippen LogP) is 3.36. The lowest BCUT2D eigenvalue weighted by Crippen LogP contribution is -1.92. The van der Waals surface area contributed by atoms with Crippen LogP contribution in [0.4, 0.5) is 0 Å². The van der Waals surface area contributed by atoms with E-state index in [9.17, 15) is 5.11 Å². The first-order valence-corrected chi connectivity index (χ1v) is 5.68. The van der Waals surface area contributed by atoms with E-state index in [1.165, 1.54) is 0 Å². The summed E-state index contributed by atoms with van der Waals surface area (Å²) in [6.45, 7) is 1.83. The smallest absolute Gasteiger partial charge is 0.116 e. The summed E-state index contributed by atoms with van der Waals surface area (Å²) in [6, 6.07) is 5.60. The van der Waals surface area contributed by atoms with Gasteiger partial charge in [-0.3, -0.25) is 0 Å². The normalized spacial score (nSPS) is 10.1. The first-order chi connectivity index (χ1) is 6.58. The lowest BCUT2D eigenvalue weighted by molar-refractivity contribution is 0.474.